The molecule has 1 heterocycles. The maximum Gasteiger partial charge on any atom is 0.137 e. The second kappa shape index (κ2) is 8.89. The first-order chi connectivity index (χ1) is 8.72. The van der Waals surface area contributed by atoms with E-state index in [1.165, 1.54) is 0 Å². The molecule has 0 aliphatic heterocycles. The zero-order valence-corrected chi connectivity index (χ0v) is 11.6. The van der Waals surface area contributed by atoms with E-state index in [-0.39, 0.29) is 0 Å². The van der Waals surface area contributed by atoms with Gasteiger partial charge in [-0.25, -0.2) is 0 Å². The highest BCUT2D eigenvalue weighted by atomic mass is 16.5. The van der Waals surface area contributed by atoms with E-state index >= 15 is 0 Å². The molecule has 0 bridgehead atoms. The lowest BCUT2D eigenvalue weighted by molar-refractivity contribution is 0.0924. The molecule has 0 atom stereocenters. The summed E-state index contributed by atoms with van der Waals surface area (Å²) in [5, 5.41) is 3.06. The molecule has 0 saturated carbocycles. The highest BCUT2D eigenvalue weighted by Crippen LogP contribution is 2.08. The van der Waals surface area contributed by atoms with Gasteiger partial charge >= 0.3 is 0 Å². The number of nitrogens with one attached hydrogen (secondary N) is 1. The Labute approximate surface area is 110 Å². The van der Waals surface area contributed by atoms with Crippen molar-refractivity contribution < 1.29 is 9.47 Å². The van der Waals surface area contributed by atoms with Gasteiger partial charge in [-0.1, -0.05) is 13.8 Å². The van der Waals surface area contributed by atoms with Crippen LogP contribution >= 0.6 is 0 Å². The number of aromatic nitrogens is 1. The number of rotatable bonds is 9. The summed E-state index contributed by atoms with van der Waals surface area (Å²) in [7, 11) is 1.90. The van der Waals surface area contributed by atoms with Gasteiger partial charge in [0.2, 0.25) is 0 Å². The molecule has 4 nitrogen and oxygen atoms in total. The highest BCUT2D eigenvalue weighted by molar-refractivity contribution is 5.19. The molecule has 0 saturated heterocycles. The van der Waals surface area contributed by atoms with Crippen molar-refractivity contribution >= 4 is 0 Å². The molecule has 1 aromatic rings. The van der Waals surface area contributed by atoms with Crippen LogP contribution in [0.1, 0.15) is 26.0 Å². The summed E-state index contributed by atoms with van der Waals surface area (Å²) >= 11 is 0. The average molecular weight is 252 g/mol. The lowest BCUT2D eigenvalue weighted by Crippen LogP contribution is -2.09. The predicted molar refractivity (Wildman–Crippen MR) is 72.8 cm³/mol. The molecule has 0 fully saturated rings. The van der Waals surface area contributed by atoms with Crippen LogP contribution in [0.3, 0.4) is 0 Å². The summed E-state index contributed by atoms with van der Waals surface area (Å²) in [5.41, 5.74) is 1.01. The van der Waals surface area contributed by atoms with E-state index in [1.807, 2.05) is 19.2 Å². The number of ether oxygens (including phenoxy) is 2. The van der Waals surface area contributed by atoms with E-state index in [9.17, 15) is 0 Å². The average Bonchev–Trinajstić information content (AvgIpc) is 2.35. The van der Waals surface area contributed by atoms with Gasteiger partial charge in [-0.3, -0.25) is 4.98 Å². The summed E-state index contributed by atoms with van der Waals surface area (Å²) in [6.07, 6.45) is 2.85. The Kier molecular flexibility index (Phi) is 7.37. The minimum absolute atomic E-state index is 0.575. The van der Waals surface area contributed by atoms with E-state index in [0.717, 1.165) is 31.0 Å². The van der Waals surface area contributed by atoms with Gasteiger partial charge in [0.15, 0.2) is 0 Å². The van der Waals surface area contributed by atoms with Crippen LogP contribution < -0.4 is 10.1 Å². The zero-order chi connectivity index (χ0) is 13.2. The van der Waals surface area contributed by atoms with Gasteiger partial charge in [0.05, 0.1) is 18.5 Å². The molecular weight excluding hydrogens is 228 g/mol. The van der Waals surface area contributed by atoms with Gasteiger partial charge in [-0.15, -0.1) is 0 Å². The fourth-order valence-corrected chi connectivity index (χ4v) is 1.42. The second-order valence-corrected chi connectivity index (χ2v) is 4.66. The molecule has 1 N–H and O–H groups in total. The molecular formula is C14H24N2O2. The molecule has 0 aromatic carbocycles. The minimum atomic E-state index is 0.575. The number of hydrogen-bond acceptors (Lipinski definition) is 4. The Morgan fingerprint density at radius 2 is 2.06 bits per heavy atom. The van der Waals surface area contributed by atoms with Crippen LogP contribution in [0.4, 0.5) is 0 Å². The Hall–Kier alpha value is -1.13. The third kappa shape index (κ3) is 6.57. The van der Waals surface area contributed by atoms with Gasteiger partial charge < -0.3 is 14.8 Å². The first-order valence-corrected chi connectivity index (χ1v) is 6.52. The first kappa shape index (κ1) is 14.9. The largest absolute Gasteiger partial charge is 0.490 e. The van der Waals surface area contributed by atoms with Crippen LogP contribution in [0, 0.1) is 5.92 Å². The molecule has 102 valence electrons. The van der Waals surface area contributed by atoms with E-state index in [1.54, 1.807) is 6.20 Å². The SMILES string of the molecule is CNCc1ccc(OCCOCCC(C)C)cn1. The van der Waals surface area contributed by atoms with Crippen molar-refractivity contribution in [1.29, 1.82) is 0 Å². The first-order valence-electron chi connectivity index (χ1n) is 6.52. The smallest absolute Gasteiger partial charge is 0.137 e. The molecule has 0 unspecified atom stereocenters. The molecule has 0 aliphatic carbocycles. The lowest BCUT2D eigenvalue weighted by Gasteiger charge is -2.08. The van der Waals surface area contributed by atoms with Crippen LogP contribution in [-0.2, 0) is 11.3 Å². The van der Waals surface area contributed by atoms with E-state index in [2.05, 4.69) is 24.1 Å². The molecule has 0 radical (unpaired) electrons. The van der Waals surface area contributed by atoms with Crippen molar-refractivity contribution in [3.05, 3.63) is 24.0 Å². The van der Waals surface area contributed by atoms with Crippen LogP contribution in [0.15, 0.2) is 18.3 Å². The molecule has 0 aliphatic rings. The van der Waals surface area contributed by atoms with Gasteiger partial charge in [-0.2, -0.15) is 0 Å². The third-order valence-corrected chi connectivity index (χ3v) is 2.49. The van der Waals surface area contributed by atoms with Gasteiger partial charge in [-0.05, 0) is 31.5 Å². The lowest BCUT2D eigenvalue weighted by atomic mass is 10.1. The quantitative estimate of drug-likeness (QED) is 0.685. The van der Waals surface area contributed by atoms with Crippen LogP contribution in [0.2, 0.25) is 0 Å². The Morgan fingerprint density at radius 3 is 2.67 bits per heavy atom. The van der Waals surface area contributed by atoms with Crippen molar-refractivity contribution in [3.8, 4) is 5.75 Å². The zero-order valence-electron chi connectivity index (χ0n) is 11.6. The number of nitrogens with zero attached hydrogens (tertiary/aromatic N) is 1. The topological polar surface area (TPSA) is 43.4 Å². The Bertz CT molecular complexity index is 312. The van der Waals surface area contributed by atoms with Crippen molar-refractivity contribution in [2.45, 2.75) is 26.8 Å². The van der Waals surface area contributed by atoms with Crippen LogP contribution in [0.5, 0.6) is 5.75 Å². The van der Waals surface area contributed by atoms with Gasteiger partial charge in [0.1, 0.15) is 12.4 Å². The summed E-state index contributed by atoms with van der Waals surface area (Å²) in [5.74, 6) is 1.48. The molecule has 18 heavy (non-hydrogen) atoms. The number of pyridine rings is 1. The van der Waals surface area contributed by atoms with Gasteiger partial charge in [0, 0.05) is 13.2 Å². The molecule has 0 spiro atoms. The summed E-state index contributed by atoms with van der Waals surface area (Å²) in [4.78, 5) is 4.28. The monoisotopic (exact) mass is 252 g/mol. The van der Waals surface area contributed by atoms with Crippen molar-refractivity contribution in [3.63, 3.8) is 0 Å². The summed E-state index contributed by atoms with van der Waals surface area (Å²) in [6, 6.07) is 3.90. The summed E-state index contributed by atoms with van der Waals surface area (Å²) in [6.45, 7) is 7.17. The Balaban J connectivity index is 2.11. The second-order valence-electron chi connectivity index (χ2n) is 4.66. The van der Waals surface area contributed by atoms with E-state index < -0.39 is 0 Å². The minimum Gasteiger partial charge on any atom is -0.490 e. The molecule has 1 aromatic heterocycles. The van der Waals surface area contributed by atoms with Crippen molar-refractivity contribution in [1.82, 2.24) is 10.3 Å². The van der Waals surface area contributed by atoms with Crippen LogP contribution in [-0.4, -0.2) is 31.9 Å². The standard InChI is InChI=1S/C14H24N2O2/c1-12(2)6-7-17-8-9-18-14-5-4-13(10-15-3)16-11-14/h4-5,11-12,15H,6-10H2,1-3H3. The van der Waals surface area contributed by atoms with Crippen molar-refractivity contribution in [2.24, 2.45) is 5.92 Å². The fourth-order valence-electron chi connectivity index (χ4n) is 1.42. The van der Waals surface area contributed by atoms with Crippen molar-refractivity contribution in [2.75, 3.05) is 26.9 Å². The maximum absolute atomic E-state index is 5.54. The van der Waals surface area contributed by atoms with E-state index in [4.69, 9.17) is 9.47 Å². The highest BCUT2D eigenvalue weighted by Gasteiger charge is 1.97. The maximum atomic E-state index is 5.54. The van der Waals surface area contributed by atoms with Gasteiger partial charge in [0.25, 0.3) is 0 Å². The van der Waals surface area contributed by atoms with E-state index in [0.29, 0.717) is 19.1 Å². The molecule has 0 amide bonds. The Morgan fingerprint density at radius 1 is 1.22 bits per heavy atom. The third-order valence-electron chi connectivity index (χ3n) is 2.49. The normalized spacial score (nSPS) is 10.9. The number of hydrogen-bond donors (Lipinski definition) is 1. The fraction of sp³-hybridized carbons (Fsp3) is 0.643. The summed E-state index contributed by atoms with van der Waals surface area (Å²) < 4.78 is 11.0. The molecule has 4 heteroatoms. The predicted octanol–water partition coefficient (Wildman–Crippen LogP) is 2.24. The molecule has 1 rings (SSSR count). The van der Waals surface area contributed by atoms with Crippen LogP contribution in [0.25, 0.3) is 0 Å².